The number of unbranched alkanes of at least 4 members (excludes halogenated alkanes) is 5. The largest absolute Gasteiger partial charge is 1.00 e. The summed E-state index contributed by atoms with van der Waals surface area (Å²) in [5.41, 5.74) is 10.7. The van der Waals surface area contributed by atoms with Crippen LogP contribution in [0.2, 0.25) is 0 Å². The van der Waals surface area contributed by atoms with E-state index in [0.717, 1.165) is 32.5 Å². The molecule has 0 spiro atoms. The molecule has 0 bridgehead atoms. The van der Waals surface area contributed by atoms with Gasteiger partial charge in [-0.1, -0.05) is 25.7 Å². The summed E-state index contributed by atoms with van der Waals surface area (Å²) in [4.78, 5) is 0. The van der Waals surface area contributed by atoms with Crippen molar-refractivity contribution in [1.82, 2.24) is 5.32 Å². The molecule has 3 nitrogen and oxygen atoms in total. The monoisotopic (exact) mass is 207 g/mol. The molecule has 0 unspecified atom stereocenters. The summed E-state index contributed by atoms with van der Waals surface area (Å²) in [5.74, 6) is 0. The van der Waals surface area contributed by atoms with Crippen LogP contribution in [0, 0.1) is 6.54 Å². The third-order valence-electron chi connectivity index (χ3n) is 2.28. The summed E-state index contributed by atoms with van der Waals surface area (Å²) in [6, 6.07) is 0. The molecule has 0 fully saturated rings. The van der Waals surface area contributed by atoms with Crippen molar-refractivity contribution in [2.45, 2.75) is 44.9 Å². The van der Waals surface area contributed by atoms with Crippen LogP contribution >= 0.6 is 0 Å². The molecule has 0 aromatic carbocycles. The molecule has 0 rings (SSSR count). The van der Waals surface area contributed by atoms with E-state index in [9.17, 15) is 0 Å². The van der Waals surface area contributed by atoms with Gasteiger partial charge in [-0.05, 0) is 32.5 Å². The van der Waals surface area contributed by atoms with E-state index >= 15 is 0 Å². The first-order chi connectivity index (χ1) is 6.91. The normalized spacial score (nSPS) is 10.0. The first-order valence-electron chi connectivity index (χ1n) is 5.86. The van der Waals surface area contributed by atoms with Crippen LogP contribution in [0.4, 0.5) is 0 Å². The Kier molecular flexibility index (Phi) is 20.1. The van der Waals surface area contributed by atoms with Crippen molar-refractivity contribution in [3.8, 4) is 0 Å². The fraction of sp³-hybridized carbons (Fsp3) is 0.909. The summed E-state index contributed by atoms with van der Waals surface area (Å²) in [7, 11) is 0. The van der Waals surface area contributed by atoms with Crippen molar-refractivity contribution in [2.24, 2.45) is 11.5 Å². The minimum atomic E-state index is 0. The number of hydrogen-bond acceptors (Lipinski definition) is 3. The SMILES string of the molecule is N[CH-]CCCNCCCCCCCN.[Li+]. The van der Waals surface area contributed by atoms with Gasteiger partial charge in [0.15, 0.2) is 0 Å². The second kappa shape index (κ2) is 16.9. The second-order valence-electron chi connectivity index (χ2n) is 3.68. The molecule has 0 heterocycles. The molecule has 0 aliphatic rings. The zero-order valence-corrected chi connectivity index (χ0v) is 10.3. The zero-order chi connectivity index (χ0) is 10.5. The van der Waals surface area contributed by atoms with E-state index in [0.29, 0.717) is 0 Å². The van der Waals surface area contributed by atoms with Crippen molar-refractivity contribution in [3.05, 3.63) is 6.54 Å². The van der Waals surface area contributed by atoms with E-state index in [1.54, 1.807) is 6.54 Å². The van der Waals surface area contributed by atoms with Gasteiger partial charge in [0.05, 0.1) is 0 Å². The Morgan fingerprint density at radius 1 is 0.867 bits per heavy atom. The van der Waals surface area contributed by atoms with Gasteiger partial charge in [0.2, 0.25) is 0 Å². The van der Waals surface area contributed by atoms with E-state index in [4.69, 9.17) is 11.5 Å². The predicted molar refractivity (Wildman–Crippen MR) is 62.7 cm³/mol. The first kappa shape index (κ1) is 17.9. The first-order valence-corrected chi connectivity index (χ1v) is 5.86. The molecule has 5 N–H and O–H groups in total. The van der Waals surface area contributed by atoms with Crippen molar-refractivity contribution in [2.75, 3.05) is 19.6 Å². The Morgan fingerprint density at radius 3 is 2.13 bits per heavy atom. The van der Waals surface area contributed by atoms with Crippen LogP contribution in [0.3, 0.4) is 0 Å². The number of nitrogens with two attached hydrogens (primary N) is 2. The minimum Gasteiger partial charge on any atom is -0.483 e. The second-order valence-corrected chi connectivity index (χ2v) is 3.68. The maximum Gasteiger partial charge on any atom is 1.00 e. The Bertz CT molecular complexity index is 89.8. The molecule has 0 saturated carbocycles. The third-order valence-corrected chi connectivity index (χ3v) is 2.28. The molecule has 0 amide bonds. The Balaban J connectivity index is 0. The standard InChI is InChI=1S/C11H26N3.Li/c12-8-4-2-1-3-6-10-14-11-7-5-9-13;/h9,14H,1-8,10-13H2;/q-1;+1. The predicted octanol–water partition coefficient (Wildman–Crippen LogP) is -1.61. The van der Waals surface area contributed by atoms with Gasteiger partial charge in [0.25, 0.3) is 0 Å². The van der Waals surface area contributed by atoms with Crippen LogP contribution in [0.5, 0.6) is 0 Å². The summed E-state index contributed by atoms with van der Waals surface area (Å²) >= 11 is 0. The fourth-order valence-electron chi connectivity index (χ4n) is 1.39. The molecule has 15 heavy (non-hydrogen) atoms. The minimum absolute atomic E-state index is 0. The van der Waals surface area contributed by atoms with Crippen LogP contribution in [0.15, 0.2) is 0 Å². The molecule has 86 valence electrons. The van der Waals surface area contributed by atoms with Crippen LogP contribution in [-0.2, 0) is 0 Å². The molecule has 0 aliphatic carbocycles. The molecular formula is C11H26LiN3. The van der Waals surface area contributed by atoms with E-state index < -0.39 is 0 Å². The molecule has 4 heteroatoms. The maximum absolute atomic E-state index is 5.41. The van der Waals surface area contributed by atoms with Crippen molar-refractivity contribution in [1.29, 1.82) is 0 Å². The quantitative estimate of drug-likeness (QED) is 0.217. The summed E-state index contributed by atoms with van der Waals surface area (Å²) in [6.45, 7) is 4.81. The molecule has 0 aliphatic heterocycles. The zero-order valence-electron chi connectivity index (χ0n) is 10.3. The van der Waals surface area contributed by atoms with E-state index in [-0.39, 0.29) is 18.9 Å². The van der Waals surface area contributed by atoms with Gasteiger partial charge in [-0.25, -0.2) is 0 Å². The Morgan fingerprint density at radius 2 is 1.47 bits per heavy atom. The van der Waals surface area contributed by atoms with Gasteiger partial charge in [0.1, 0.15) is 0 Å². The molecule has 0 radical (unpaired) electrons. The van der Waals surface area contributed by atoms with E-state index in [1.165, 1.54) is 32.1 Å². The third kappa shape index (κ3) is 17.1. The van der Waals surface area contributed by atoms with Gasteiger partial charge in [-0.3, -0.25) is 6.54 Å². The maximum atomic E-state index is 5.41. The number of nitrogens with one attached hydrogen (secondary N) is 1. The van der Waals surface area contributed by atoms with Crippen molar-refractivity contribution in [3.63, 3.8) is 0 Å². The topological polar surface area (TPSA) is 64.1 Å². The van der Waals surface area contributed by atoms with Gasteiger partial charge >= 0.3 is 18.9 Å². The van der Waals surface area contributed by atoms with Crippen molar-refractivity contribution >= 4 is 0 Å². The van der Waals surface area contributed by atoms with E-state index in [1.807, 2.05) is 0 Å². The summed E-state index contributed by atoms with van der Waals surface area (Å²) in [5, 5.41) is 3.41. The van der Waals surface area contributed by atoms with E-state index in [2.05, 4.69) is 5.32 Å². The van der Waals surface area contributed by atoms with Gasteiger partial charge < -0.3 is 16.8 Å². The average molecular weight is 207 g/mol. The Labute approximate surface area is 107 Å². The van der Waals surface area contributed by atoms with Crippen LogP contribution in [-0.4, -0.2) is 19.6 Å². The molecule has 0 saturated heterocycles. The molecule has 0 aromatic rings. The summed E-state index contributed by atoms with van der Waals surface area (Å²) < 4.78 is 0. The van der Waals surface area contributed by atoms with Crippen LogP contribution in [0.25, 0.3) is 0 Å². The smallest absolute Gasteiger partial charge is 0.483 e. The summed E-state index contributed by atoms with van der Waals surface area (Å²) in [6.07, 6.45) is 8.59. The van der Waals surface area contributed by atoms with Gasteiger partial charge in [-0.15, -0.1) is 0 Å². The van der Waals surface area contributed by atoms with Crippen LogP contribution in [0.1, 0.15) is 44.9 Å². The number of rotatable bonds is 11. The average Bonchev–Trinajstić information content (AvgIpc) is 2.21. The van der Waals surface area contributed by atoms with Crippen molar-refractivity contribution < 1.29 is 18.9 Å². The molecular weight excluding hydrogens is 181 g/mol. The fourth-order valence-corrected chi connectivity index (χ4v) is 1.39. The number of hydrogen-bond donors (Lipinski definition) is 3. The molecule has 0 aromatic heterocycles. The van der Waals surface area contributed by atoms with Gasteiger partial charge in [0, 0.05) is 0 Å². The Hall–Kier alpha value is 0.477. The van der Waals surface area contributed by atoms with Gasteiger partial charge in [-0.2, -0.15) is 6.42 Å². The molecule has 0 atom stereocenters. The van der Waals surface area contributed by atoms with Crippen LogP contribution < -0.4 is 35.6 Å².